The largest absolute Gasteiger partial charge is 0.492 e. The number of ether oxygens (including phenoxy) is 1. The maximum Gasteiger partial charge on any atom is 0.259 e. The van der Waals surface area contributed by atoms with Crippen LogP contribution < -0.4 is 10.1 Å². The summed E-state index contributed by atoms with van der Waals surface area (Å²) in [5.74, 6) is 0.229. The van der Waals surface area contributed by atoms with Gasteiger partial charge < -0.3 is 15.0 Å². The average Bonchev–Trinajstić information content (AvgIpc) is 2.82. The van der Waals surface area contributed by atoms with E-state index in [9.17, 15) is 9.59 Å². The molecular formula is C26H27BrN2O3. The van der Waals surface area contributed by atoms with E-state index in [0.29, 0.717) is 42.3 Å². The summed E-state index contributed by atoms with van der Waals surface area (Å²) in [6.07, 6.45) is 0.750. The Labute approximate surface area is 197 Å². The number of carbonyl (C=O) groups excluding carboxylic acids is 2. The predicted octanol–water partition coefficient (Wildman–Crippen LogP) is 5.80. The van der Waals surface area contributed by atoms with Crippen LogP contribution in [0.5, 0.6) is 5.75 Å². The monoisotopic (exact) mass is 494 g/mol. The van der Waals surface area contributed by atoms with Crippen molar-refractivity contribution in [3.8, 4) is 5.75 Å². The summed E-state index contributed by atoms with van der Waals surface area (Å²) in [5.41, 5.74) is 2.83. The summed E-state index contributed by atoms with van der Waals surface area (Å²) in [6.45, 7) is 5.68. The molecule has 0 aliphatic rings. The summed E-state index contributed by atoms with van der Waals surface area (Å²) < 4.78 is 6.71. The number of hydrogen-bond donors (Lipinski definition) is 1. The number of nitrogens with zero attached hydrogens (tertiary/aromatic N) is 1. The van der Waals surface area contributed by atoms with Crippen molar-refractivity contribution in [1.29, 1.82) is 0 Å². The highest BCUT2D eigenvalue weighted by Crippen LogP contribution is 2.25. The van der Waals surface area contributed by atoms with Crippen LogP contribution in [-0.2, 0) is 6.42 Å². The lowest BCUT2D eigenvalue weighted by molar-refractivity contribution is 0.0773. The van der Waals surface area contributed by atoms with Gasteiger partial charge in [-0.05, 0) is 61.9 Å². The highest BCUT2D eigenvalue weighted by molar-refractivity contribution is 9.10. The molecule has 5 nitrogen and oxygen atoms in total. The van der Waals surface area contributed by atoms with Gasteiger partial charge in [0.05, 0.1) is 12.2 Å². The molecular weight excluding hydrogens is 468 g/mol. The molecule has 2 amide bonds. The Morgan fingerprint density at radius 2 is 1.62 bits per heavy atom. The Hall–Kier alpha value is -3.12. The summed E-state index contributed by atoms with van der Waals surface area (Å²) in [5, 5.41) is 2.89. The molecule has 0 bridgehead atoms. The van der Waals surface area contributed by atoms with Crippen molar-refractivity contribution < 1.29 is 14.3 Å². The van der Waals surface area contributed by atoms with Crippen LogP contribution in [0.3, 0.4) is 0 Å². The molecule has 166 valence electrons. The molecule has 0 heterocycles. The van der Waals surface area contributed by atoms with E-state index in [1.54, 1.807) is 41.3 Å². The van der Waals surface area contributed by atoms with Gasteiger partial charge in [-0.15, -0.1) is 0 Å². The molecule has 0 fully saturated rings. The lowest BCUT2D eigenvalue weighted by Gasteiger charge is -2.18. The van der Waals surface area contributed by atoms with Crippen molar-refractivity contribution >= 4 is 33.4 Å². The molecule has 0 aromatic heterocycles. The van der Waals surface area contributed by atoms with Gasteiger partial charge in [0, 0.05) is 35.2 Å². The van der Waals surface area contributed by atoms with Crippen LogP contribution in [0.25, 0.3) is 0 Å². The van der Waals surface area contributed by atoms with Crippen LogP contribution in [0.2, 0.25) is 0 Å². The Kier molecular flexibility index (Phi) is 8.45. The van der Waals surface area contributed by atoms with E-state index < -0.39 is 0 Å². The fourth-order valence-corrected chi connectivity index (χ4v) is 3.68. The zero-order valence-electron chi connectivity index (χ0n) is 18.3. The predicted molar refractivity (Wildman–Crippen MR) is 131 cm³/mol. The SMILES string of the molecule is CCN(CC)C(=O)c1ccc(NC(=O)c2cc(Br)ccc2OCCc2ccccc2)cc1. The number of nitrogens with one attached hydrogen (secondary N) is 1. The van der Waals surface area contributed by atoms with Gasteiger partial charge in [-0.25, -0.2) is 0 Å². The van der Waals surface area contributed by atoms with Gasteiger partial charge >= 0.3 is 0 Å². The van der Waals surface area contributed by atoms with Crippen LogP contribution in [-0.4, -0.2) is 36.4 Å². The first kappa shape index (κ1) is 23.5. The number of halogens is 1. The van der Waals surface area contributed by atoms with Crippen LogP contribution in [0, 0.1) is 0 Å². The molecule has 0 atom stereocenters. The number of benzene rings is 3. The van der Waals surface area contributed by atoms with Crippen molar-refractivity contribution in [3.63, 3.8) is 0 Å². The maximum atomic E-state index is 13.0. The molecule has 0 saturated carbocycles. The van der Waals surface area contributed by atoms with E-state index in [2.05, 4.69) is 21.2 Å². The molecule has 3 aromatic rings. The summed E-state index contributed by atoms with van der Waals surface area (Å²) in [4.78, 5) is 27.2. The second-order valence-corrected chi connectivity index (χ2v) is 8.15. The first-order chi connectivity index (χ1) is 15.5. The van der Waals surface area contributed by atoms with Gasteiger partial charge in [-0.1, -0.05) is 46.3 Å². The van der Waals surface area contributed by atoms with Crippen molar-refractivity contribution in [2.45, 2.75) is 20.3 Å². The van der Waals surface area contributed by atoms with Crippen LogP contribution in [0.4, 0.5) is 5.69 Å². The normalized spacial score (nSPS) is 10.5. The van der Waals surface area contributed by atoms with Crippen molar-refractivity contribution in [2.24, 2.45) is 0 Å². The smallest absolute Gasteiger partial charge is 0.259 e. The third-order valence-corrected chi connectivity index (χ3v) is 5.61. The minimum Gasteiger partial charge on any atom is -0.492 e. The van der Waals surface area contributed by atoms with Gasteiger partial charge in [0.15, 0.2) is 0 Å². The second kappa shape index (κ2) is 11.5. The number of rotatable bonds is 9. The molecule has 0 aliphatic carbocycles. The third-order valence-electron chi connectivity index (χ3n) is 5.12. The molecule has 0 aliphatic heterocycles. The Morgan fingerprint density at radius 3 is 2.28 bits per heavy atom. The molecule has 0 saturated heterocycles. The van der Waals surface area contributed by atoms with Crippen molar-refractivity contribution in [2.75, 3.05) is 25.0 Å². The number of anilines is 1. The van der Waals surface area contributed by atoms with Gasteiger partial charge in [-0.2, -0.15) is 0 Å². The topological polar surface area (TPSA) is 58.6 Å². The maximum absolute atomic E-state index is 13.0. The van der Waals surface area contributed by atoms with E-state index in [4.69, 9.17) is 4.74 Å². The van der Waals surface area contributed by atoms with Gasteiger partial charge in [0.1, 0.15) is 5.75 Å². The average molecular weight is 495 g/mol. The fraction of sp³-hybridized carbons (Fsp3) is 0.231. The van der Waals surface area contributed by atoms with E-state index in [0.717, 1.165) is 10.9 Å². The molecule has 3 aromatic carbocycles. The van der Waals surface area contributed by atoms with E-state index in [1.165, 1.54) is 5.56 Å². The fourth-order valence-electron chi connectivity index (χ4n) is 3.32. The van der Waals surface area contributed by atoms with Crippen LogP contribution >= 0.6 is 15.9 Å². The van der Waals surface area contributed by atoms with Crippen LogP contribution in [0.15, 0.2) is 77.3 Å². The van der Waals surface area contributed by atoms with E-state index in [-0.39, 0.29) is 11.8 Å². The van der Waals surface area contributed by atoms with Gasteiger partial charge in [0.2, 0.25) is 0 Å². The summed E-state index contributed by atoms with van der Waals surface area (Å²) in [6, 6.07) is 22.4. The number of amides is 2. The molecule has 0 radical (unpaired) electrons. The number of hydrogen-bond acceptors (Lipinski definition) is 3. The quantitative estimate of drug-likeness (QED) is 0.408. The van der Waals surface area contributed by atoms with Crippen molar-refractivity contribution in [3.05, 3.63) is 94.0 Å². The molecule has 0 spiro atoms. The van der Waals surface area contributed by atoms with E-state index >= 15 is 0 Å². The second-order valence-electron chi connectivity index (χ2n) is 7.23. The number of carbonyl (C=O) groups is 2. The molecule has 3 rings (SSSR count). The van der Waals surface area contributed by atoms with Crippen molar-refractivity contribution in [1.82, 2.24) is 4.90 Å². The third kappa shape index (κ3) is 6.20. The first-order valence-electron chi connectivity index (χ1n) is 10.7. The van der Waals surface area contributed by atoms with Crippen LogP contribution in [0.1, 0.15) is 40.1 Å². The van der Waals surface area contributed by atoms with Gasteiger partial charge in [0.25, 0.3) is 11.8 Å². The lowest BCUT2D eigenvalue weighted by Crippen LogP contribution is -2.30. The highest BCUT2D eigenvalue weighted by Gasteiger charge is 2.15. The highest BCUT2D eigenvalue weighted by atomic mass is 79.9. The lowest BCUT2D eigenvalue weighted by atomic mass is 10.1. The Bertz CT molecular complexity index is 1050. The summed E-state index contributed by atoms with van der Waals surface area (Å²) in [7, 11) is 0. The molecule has 32 heavy (non-hydrogen) atoms. The standard InChI is InChI=1S/C26H27BrN2O3/c1-3-29(4-2)26(31)20-10-13-22(14-11-20)28-25(30)23-18-21(27)12-15-24(23)32-17-16-19-8-6-5-7-9-19/h5-15,18H,3-4,16-17H2,1-2H3,(H,28,30). The molecule has 0 unspecified atom stereocenters. The molecule has 6 heteroatoms. The van der Waals surface area contributed by atoms with E-state index in [1.807, 2.05) is 50.2 Å². The minimum atomic E-state index is -0.274. The van der Waals surface area contributed by atoms with Gasteiger partial charge in [-0.3, -0.25) is 9.59 Å². The minimum absolute atomic E-state index is 0.0195. The zero-order chi connectivity index (χ0) is 22.9. The Morgan fingerprint density at radius 1 is 0.938 bits per heavy atom. The zero-order valence-corrected chi connectivity index (χ0v) is 19.9. The first-order valence-corrected chi connectivity index (χ1v) is 11.5. The molecule has 1 N–H and O–H groups in total. The Balaban J connectivity index is 1.68. The summed E-state index contributed by atoms with van der Waals surface area (Å²) >= 11 is 3.43.